The summed E-state index contributed by atoms with van der Waals surface area (Å²) >= 11 is 8.00. The molecule has 1 unspecified atom stereocenters. The third kappa shape index (κ3) is 6.00. The highest BCUT2D eigenvalue weighted by Gasteiger charge is 2.30. The summed E-state index contributed by atoms with van der Waals surface area (Å²) in [6.07, 6.45) is 3.11. The highest BCUT2D eigenvalue weighted by atomic mass is 35.5. The Morgan fingerprint density at radius 3 is 2.55 bits per heavy atom. The quantitative estimate of drug-likeness (QED) is 0.500. The lowest BCUT2D eigenvalue weighted by Crippen LogP contribution is -2.30. The van der Waals surface area contributed by atoms with Crippen molar-refractivity contribution in [1.82, 2.24) is 5.01 Å². The SMILES string of the molecule is CCSCCCC1CN(C(=O)Nc2ccc(CC)cc2)N=C1c1ccc(Cl)cc1. The Morgan fingerprint density at radius 2 is 1.90 bits per heavy atom. The van der Waals surface area contributed by atoms with Crippen LogP contribution in [0.5, 0.6) is 0 Å². The summed E-state index contributed by atoms with van der Waals surface area (Å²) in [5, 5.41) is 9.92. The minimum atomic E-state index is -0.189. The van der Waals surface area contributed by atoms with Crippen molar-refractivity contribution in [1.29, 1.82) is 0 Å². The first-order valence-electron chi connectivity index (χ1n) is 10.2. The number of aryl methyl sites for hydroxylation is 1. The maximum absolute atomic E-state index is 12.8. The van der Waals surface area contributed by atoms with E-state index in [1.807, 2.05) is 60.3 Å². The molecular weight excluding hydrogens is 402 g/mol. The van der Waals surface area contributed by atoms with Gasteiger partial charge in [-0.15, -0.1) is 0 Å². The molecule has 0 saturated heterocycles. The zero-order valence-electron chi connectivity index (χ0n) is 17.0. The molecule has 154 valence electrons. The second-order valence-electron chi connectivity index (χ2n) is 7.09. The number of benzene rings is 2. The molecule has 1 aliphatic heterocycles. The second-order valence-corrected chi connectivity index (χ2v) is 8.92. The minimum absolute atomic E-state index is 0.189. The van der Waals surface area contributed by atoms with Crippen LogP contribution in [-0.4, -0.2) is 34.8 Å². The van der Waals surface area contributed by atoms with E-state index >= 15 is 0 Å². The molecule has 3 rings (SSSR count). The maximum Gasteiger partial charge on any atom is 0.342 e. The number of hydrogen-bond acceptors (Lipinski definition) is 3. The highest BCUT2D eigenvalue weighted by Crippen LogP contribution is 2.26. The normalized spacial score (nSPS) is 16.0. The lowest BCUT2D eigenvalue weighted by atomic mass is 9.93. The summed E-state index contributed by atoms with van der Waals surface area (Å²) in [7, 11) is 0. The van der Waals surface area contributed by atoms with E-state index < -0.39 is 0 Å². The summed E-state index contributed by atoms with van der Waals surface area (Å²) in [4.78, 5) is 12.8. The van der Waals surface area contributed by atoms with Crippen LogP contribution in [0.2, 0.25) is 5.02 Å². The molecular formula is C23H28ClN3OS. The summed E-state index contributed by atoms with van der Waals surface area (Å²) < 4.78 is 0. The van der Waals surface area contributed by atoms with Crippen molar-refractivity contribution in [3.63, 3.8) is 0 Å². The van der Waals surface area contributed by atoms with E-state index in [1.54, 1.807) is 5.01 Å². The molecule has 0 fully saturated rings. The van der Waals surface area contributed by atoms with Crippen LogP contribution in [0, 0.1) is 5.92 Å². The van der Waals surface area contributed by atoms with Gasteiger partial charge in [0, 0.05) is 16.6 Å². The molecule has 6 heteroatoms. The van der Waals surface area contributed by atoms with E-state index in [2.05, 4.69) is 24.3 Å². The Kier molecular flexibility index (Phi) is 8.01. The van der Waals surface area contributed by atoms with Crippen LogP contribution in [0.15, 0.2) is 53.6 Å². The molecule has 1 heterocycles. The van der Waals surface area contributed by atoms with E-state index in [-0.39, 0.29) is 11.9 Å². The molecule has 0 saturated carbocycles. The Labute approximate surface area is 182 Å². The zero-order chi connectivity index (χ0) is 20.6. The van der Waals surface area contributed by atoms with Gasteiger partial charge in [-0.1, -0.05) is 49.7 Å². The fourth-order valence-electron chi connectivity index (χ4n) is 3.41. The number of hydrazone groups is 1. The zero-order valence-corrected chi connectivity index (χ0v) is 18.6. The van der Waals surface area contributed by atoms with E-state index in [0.717, 1.165) is 47.7 Å². The number of anilines is 1. The van der Waals surface area contributed by atoms with E-state index in [4.69, 9.17) is 11.6 Å². The van der Waals surface area contributed by atoms with Gasteiger partial charge in [-0.05, 0) is 66.2 Å². The number of urea groups is 1. The number of hydrogen-bond donors (Lipinski definition) is 1. The fourth-order valence-corrected chi connectivity index (χ4v) is 4.19. The number of rotatable bonds is 8. The smallest absolute Gasteiger partial charge is 0.306 e. The molecule has 2 amide bonds. The van der Waals surface area contributed by atoms with Crippen molar-refractivity contribution >= 4 is 40.8 Å². The van der Waals surface area contributed by atoms with Crippen LogP contribution >= 0.6 is 23.4 Å². The van der Waals surface area contributed by atoms with Gasteiger partial charge < -0.3 is 5.32 Å². The number of carbonyl (C=O) groups is 1. The van der Waals surface area contributed by atoms with Crippen molar-refractivity contribution in [2.24, 2.45) is 11.0 Å². The largest absolute Gasteiger partial charge is 0.342 e. The Hall–Kier alpha value is -1.98. The number of nitrogens with zero attached hydrogens (tertiary/aromatic N) is 2. The molecule has 0 aromatic heterocycles. The predicted molar refractivity (Wildman–Crippen MR) is 125 cm³/mol. The van der Waals surface area contributed by atoms with Crippen LogP contribution in [0.4, 0.5) is 10.5 Å². The summed E-state index contributed by atoms with van der Waals surface area (Å²) in [6, 6.07) is 15.5. The molecule has 1 atom stereocenters. The van der Waals surface area contributed by atoms with Gasteiger partial charge in [-0.25, -0.2) is 9.80 Å². The van der Waals surface area contributed by atoms with Gasteiger partial charge in [0.1, 0.15) is 0 Å². The Balaban J connectivity index is 1.71. The van der Waals surface area contributed by atoms with Crippen LogP contribution < -0.4 is 5.32 Å². The summed E-state index contributed by atoms with van der Waals surface area (Å²) in [5.74, 6) is 2.51. The Bertz CT molecular complexity index is 836. The maximum atomic E-state index is 12.8. The first kappa shape index (κ1) is 21.7. The third-order valence-corrected chi connectivity index (χ3v) is 6.28. The molecule has 2 aromatic carbocycles. The van der Waals surface area contributed by atoms with Crippen molar-refractivity contribution in [2.75, 3.05) is 23.4 Å². The van der Waals surface area contributed by atoms with Gasteiger partial charge in [0.25, 0.3) is 0 Å². The average Bonchev–Trinajstić information content (AvgIpc) is 3.17. The first-order chi connectivity index (χ1) is 14.1. The monoisotopic (exact) mass is 429 g/mol. The molecule has 29 heavy (non-hydrogen) atoms. The number of nitrogens with one attached hydrogen (secondary N) is 1. The van der Waals surface area contributed by atoms with Crippen LogP contribution in [0.3, 0.4) is 0 Å². The molecule has 0 radical (unpaired) electrons. The number of halogens is 1. The summed E-state index contributed by atoms with van der Waals surface area (Å²) in [6.45, 7) is 4.90. The van der Waals surface area contributed by atoms with E-state index in [1.165, 1.54) is 5.56 Å². The van der Waals surface area contributed by atoms with Crippen molar-refractivity contribution in [2.45, 2.75) is 33.1 Å². The summed E-state index contributed by atoms with van der Waals surface area (Å²) in [5.41, 5.74) is 4.04. The molecule has 1 aliphatic rings. The van der Waals surface area contributed by atoms with Gasteiger partial charge in [0.15, 0.2) is 0 Å². The fraction of sp³-hybridized carbons (Fsp3) is 0.391. The Morgan fingerprint density at radius 1 is 1.17 bits per heavy atom. The van der Waals surface area contributed by atoms with Crippen molar-refractivity contribution < 1.29 is 4.79 Å². The topological polar surface area (TPSA) is 44.7 Å². The molecule has 0 aliphatic carbocycles. The average molecular weight is 430 g/mol. The van der Waals surface area contributed by atoms with Gasteiger partial charge in [0.05, 0.1) is 12.3 Å². The highest BCUT2D eigenvalue weighted by molar-refractivity contribution is 7.99. The van der Waals surface area contributed by atoms with Gasteiger partial charge in [-0.2, -0.15) is 16.9 Å². The number of thioether (sulfide) groups is 1. The van der Waals surface area contributed by atoms with E-state index in [9.17, 15) is 4.79 Å². The van der Waals surface area contributed by atoms with Crippen molar-refractivity contribution in [3.05, 3.63) is 64.7 Å². The lowest BCUT2D eigenvalue weighted by Gasteiger charge is -2.15. The predicted octanol–water partition coefficient (Wildman–Crippen LogP) is 6.30. The first-order valence-corrected chi connectivity index (χ1v) is 11.7. The molecule has 0 bridgehead atoms. The van der Waals surface area contributed by atoms with Gasteiger partial charge >= 0.3 is 6.03 Å². The van der Waals surface area contributed by atoms with E-state index in [0.29, 0.717) is 11.6 Å². The van der Waals surface area contributed by atoms with Crippen LogP contribution in [0.25, 0.3) is 0 Å². The van der Waals surface area contributed by atoms with Gasteiger partial charge in [0.2, 0.25) is 0 Å². The van der Waals surface area contributed by atoms with Crippen LogP contribution in [0.1, 0.15) is 37.8 Å². The number of amides is 2. The van der Waals surface area contributed by atoms with Gasteiger partial charge in [-0.3, -0.25) is 0 Å². The molecule has 4 nitrogen and oxygen atoms in total. The van der Waals surface area contributed by atoms with Crippen LogP contribution in [-0.2, 0) is 6.42 Å². The second kappa shape index (κ2) is 10.7. The van der Waals surface area contributed by atoms with Crippen molar-refractivity contribution in [3.8, 4) is 0 Å². The minimum Gasteiger partial charge on any atom is -0.306 e. The standard InChI is InChI=1S/C23H28ClN3OS/c1-3-17-7-13-21(14-8-17)25-23(28)27-16-19(6-5-15-29-4-2)22(26-27)18-9-11-20(24)12-10-18/h7-14,19H,3-6,15-16H2,1-2H3,(H,25,28). The number of carbonyl (C=O) groups excluding carboxylic acids is 1. The third-order valence-electron chi connectivity index (χ3n) is 5.04. The molecule has 0 spiro atoms. The molecule has 1 N–H and O–H groups in total. The lowest BCUT2D eigenvalue weighted by molar-refractivity contribution is 0.215. The molecule has 2 aromatic rings.